The summed E-state index contributed by atoms with van der Waals surface area (Å²) in [7, 11) is 0. The molecule has 1 aromatic rings. The van der Waals surface area contributed by atoms with E-state index in [-0.39, 0.29) is 17.3 Å². The van der Waals surface area contributed by atoms with Gasteiger partial charge in [-0.3, -0.25) is 0 Å². The second-order valence-corrected chi connectivity index (χ2v) is 8.07. The third kappa shape index (κ3) is 7.80. The molecule has 0 saturated carbocycles. The van der Waals surface area contributed by atoms with Crippen LogP contribution in [-0.4, -0.2) is 11.1 Å². The van der Waals surface area contributed by atoms with E-state index in [0.29, 0.717) is 5.76 Å². The molecular formula is C25H34O4. The molecule has 158 valence electrons. The first-order valence-electron chi connectivity index (χ1n) is 10.5. The van der Waals surface area contributed by atoms with Crippen LogP contribution < -0.4 is 0 Å². The predicted octanol–water partition coefficient (Wildman–Crippen LogP) is 6.96. The van der Waals surface area contributed by atoms with E-state index in [9.17, 15) is 9.90 Å². The number of unbranched alkanes of at least 4 members (excludes halogenated alkanes) is 1. The lowest BCUT2D eigenvalue weighted by atomic mass is 9.99. The van der Waals surface area contributed by atoms with E-state index < -0.39 is 5.97 Å². The van der Waals surface area contributed by atoms with Crippen LogP contribution in [0.1, 0.15) is 71.8 Å². The maximum absolute atomic E-state index is 11.5. The number of furan rings is 1. The summed E-state index contributed by atoms with van der Waals surface area (Å²) in [6, 6.07) is 2.03. The number of carbonyl (C=O) groups is 1. The number of aliphatic hydroxyl groups is 1. The van der Waals surface area contributed by atoms with Crippen molar-refractivity contribution < 1.29 is 19.1 Å². The van der Waals surface area contributed by atoms with Gasteiger partial charge in [-0.15, -0.1) is 0 Å². The number of hydrogen-bond acceptors (Lipinski definition) is 4. The van der Waals surface area contributed by atoms with Crippen molar-refractivity contribution in [1.29, 1.82) is 0 Å². The molecule has 0 saturated heterocycles. The number of aryl methyl sites for hydroxylation is 1. The lowest BCUT2D eigenvalue weighted by Crippen LogP contribution is -1.98. The van der Waals surface area contributed by atoms with Gasteiger partial charge < -0.3 is 14.3 Å². The van der Waals surface area contributed by atoms with Crippen LogP contribution in [0.3, 0.4) is 0 Å². The van der Waals surface area contributed by atoms with Gasteiger partial charge in [-0.2, -0.15) is 0 Å². The highest BCUT2D eigenvalue weighted by Crippen LogP contribution is 2.26. The number of allylic oxidation sites excluding steroid dienone is 5. The van der Waals surface area contributed by atoms with Crippen LogP contribution in [0.2, 0.25) is 0 Å². The highest BCUT2D eigenvalue weighted by atomic mass is 16.6. The minimum Gasteiger partial charge on any atom is -0.504 e. The van der Waals surface area contributed by atoms with E-state index in [2.05, 4.69) is 32.9 Å². The number of hydrogen-bond donors (Lipinski definition) is 1. The van der Waals surface area contributed by atoms with Gasteiger partial charge >= 0.3 is 5.97 Å². The topological polar surface area (TPSA) is 59.7 Å². The normalized spacial score (nSPS) is 17.9. The van der Waals surface area contributed by atoms with Gasteiger partial charge in [0.25, 0.3) is 0 Å². The van der Waals surface area contributed by atoms with E-state index in [1.165, 1.54) is 16.7 Å². The van der Waals surface area contributed by atoms with Crippen molar-refractivity contribution >= 4 is 5.97 Å². The fourth-order valence-electron chi connectivity index (χ4n) is 3.29. The Hall–Kier alpha value is -2.49. The zero-order chi connectivity index (χ0) is 21.2. The predicted molar refractivity (Wildman–Crippen MR) is 116 cm³/mol. The molecule has 0 amide bonds. The minimum atomic E-state index is -0.457. The highest BCUT2D eigenvalue weighted by Gasteiger charge is 2.26. The van der Waals surface area contributed by atoms with E-state index in [0.717, 1.165) is 44.9 Å². The SMILES string of the molecule is CC1=C(O)/C(=C/[C@H](C)CC/C(C)=C\CC/C=C(\C)CCCc2ccoc2)OC1=O. The molecular weight excluding hydrogens is 364 g/mol. The van der Waals surface area contributed by atoms with Gasteiger partial charge in [-0.05, 0) is 89.3 Å². The largest absolute Gasteiger partial charge is 0.504 e. The van der Waals surface area contributed by atoms with Crippen molar-refractivity contribution in [2.24, 2.45) is 5.92 Å². The Bertz CT molecular complexity index is 791. The Labute approximate surface area is 174 Å². The average Bonchev–Trinajstić information content (AvgIpc) is 3.28. The van der Waals surface area contributed by atoms with Crippen LogP contribution in [-0.2, 0) is 16.0 Å². The Kier molecular flexibility index (Phi) is 9.04. The number of esters is 1. The molecule has 1 aliphatic heterocycles. The van der Waals surface area contributed by atoms with Crippen molar-refractivity contribution in [3.8, 4) is 0 Å². The number of cyclic esters (lactones) is 1. The molecule has 4 heteroatoms. The zero-order valence-corrected chi connectivity index (χ0v) is 18.2. The van der Waals surface area contributed by atoms with Crippen molar-refractivity contribution in [2.45, 2.75) is 72.6 Å². The van der Waals surface area contributed by atoms with Crippen LogP contribution in [0.5, 0.6) is 0 Å². The number of carbonyl (C=O) groups excluding carboxylic acids is 1. The molecule has 0 unspecified atom stereocenters. The second-order valence-electron chi connectivity index (χ2n) is 8.07. The molecule has 2 rings (SSSR count). The minimum absolute atomic E-state index is 0.0268. The van der Waals surface area contributed by atoms with Gasteiger partial charge in [-0.1, -0.05) is 30.2 Å². The van der Waals surface area contributed by atoms with E-state index in [4.69, 9.17) is 9.15 Å². The van der Waals surface area contributed by atoms with E-state index in [1.807, 2.05) is 18.4 Å². The summed E-state index contributed by atoms with van der Waals surface area (Å²) in [4.78, 5) is 11.5. The number of aliphatic hydroxyl groups excluding tert-OH is 1. The fourth-order valence-corrected chi connectivity index (χ4v) is 3.29. The van der Waals surface area contributed by atoms with Crippen molar-refractivity contribution in [2.75, 3.05) is 0 Å². The van der Waals surface area contributed by atoms with Crippen molar-refractivity contribution in [1.82, 2.24) is 0 Å². The molecule has 29 heavy (non-hydrogen) atoms. The smallest absolute Gasteiger partial charge is 0.343 e. The first-order valence-corrected chi connectivity index (χ1v) is 10.5. The molecule has 0 radical (unpaired) electrons. The van der Waals surface area contributed by atoms with Crippen LogP contribution in [0.15, 0.2) is 69.5 Å². The van der Waals surface area contributed by atoms with Crippen molar-refractivity contribution in [3.63, 3.8) is 0 Å². The summed E-state index contributed by atoms with van der Waals surface area (Å²) in [5, 5.41) is 9.89. The van der Waals surface area contributed by atoms with Gasteiger partial charge in [0.1, 0.15) is 0 Å². The van der Waals surface area contributed by atoms with Gasteiger partial charge in [0.05, 0.1) is 18.1 Å². The van der Waals surface area contributed by atoms with Crippen LogP contribution >= 0.6 is 0 Å². The third-order valence-corrected chi connectivity index (χ3v) is 5.30. The summed E-state index contributed by atoms with van der Waals surface area (Å²) in [5.74, 6) is 0.0458. The maximum atomic E-state index is 11.5. The van der Waals surface area contributed by atoms with Gasteiger partial charge in [0.15, 0.2) is 11.5 Å². The first-order chi connectivity index (χ1) is 13.9. The van der Waals surface area contributed by atoms with Gasteiger partial charge in [0, 0.05) is 0 Å². The summed E-state index contributed by atoms with van der Waals surface area (Å²) >= 11 is 0. The molecule has 0 aromatic carbocycles. The Balaban J connectivity index is 1.64. The van der Waals surface area contributed by atoms with Gasteiger partial charge in [-0.25, -0.2) is 4.79 Å². The monoisotopic (exact) mass is 398 g/mol. The molecule has 1 aliphatic rings. The molecule has 2 heterocycles. The van der Waals surface area contributed by atoms with Gasteiger partial charge in [0.2, 0.25) is 0 Å². The summed E-state index contributed by atoms with van der Waals surface area (Å²) in [6.07, 6.45) is 17.5. The number of rotatable bonds is 11. The van der Waals surface area contributed by atoms with E-state index in [1.54, 1.807) is 13.2 Å². The summed E-state index contributed by atoms with van der Waals surface area (Å²) < 4.78 is 10.2. The molecule has 1 N–H and O–H groups in total. The molecule has 0 aliphatic carbocycles. The summed E-state index contributed by atoms with van der Waals surface area (Å²) in [5.41, 5.74) is 4.38. The lowest BCUT2D eigenvalue weighted by Gasteiger charge is -2.08. The third-order valence-electron chi connectivity index (χ3n) is 5.30. The van der Waals surface area contributed by atoms with Crippen LogP contribution in [0, 0.1) is 5.92 Å². The maximum Gasteiger partial charge on any atom is 0.343 e. The quantitative estimate of drug-likeness (QED) is 0.248. The Morgan fingerprint density at radius 1 is 1.17 bits per heavy atom. The molecule has 0 spiro atoms. The lowest BCUT2D eigenvalue weighted by molar-refractivity contribution is -0.133. The Morgan fingerprint density at radius 2 is 1.86 bits per heavy atom. The molecule has 1 atom stereocenters. The second kappa shape index (κ2) is 11.5. The Morgan fingerprint density at radius 3 is 2.45 bits per heavy atom. The first kappa shape index (κ1) is 22.8. The highest BCUT2D eigenvalue weighted by molar-refractivity contribution is 5.93. The standard InChI is InChI=1S/C25H34O4/c1-18(10-7-11-22-14-15-28-17-22)8-5-6-9-19(2)12-13-20(3)16-23-24(26)21(4)25(27)29-23/h8-9,14-17,20,26H,5-7,10-13H2,1-4H3/b18-8+,19-9-,23-16-/t20-/m1/s1. The molecule has 0 fully saturated rings. The summed E-state index contributed by atoms with van der Waals surface area (Å²) in [6.45, 7) is 8.03. The average molecular weight is 399 g/mol. The molecule has 1 aromatic heterocycles. The van der Waals surface area contributed by atoms with Crippen molar-refractivity contribution in [3.05, 3.63) is 70.6 Å². The zero-order valence-electron chi connectivity index (χ0n) is 18.2. The van der Waals surface area contributed by atoms with Crippen LogP contribution in [0.4, 0.5) is 0 Å². The molecule has 0 bridgehead atoms. The fraction of sp³-hybridized carbons (Fsp3) is 0.480. The van der Waals surface area contributed by atoms with E-state index >= 15 is 0 Å². The molecule has 4 nitrogen and oxygen atoms in total. The van der Waals surface area contributed by atoms with Crippen LogP contribution in [0.25, 0.3) is 0 Å². The number of ether oxygens (including phenoxy) is 1.